The van der Waals surface area contributed by atoms with E-state index in [9.17, 15) is 4.79 Å². The van der Waals surface area contributed by atoms with E-state index in [0.29, 0.717) is 0 Å². The van der Waals surface area contributed by atoms with Crippen LogP contribution in [0.1, 0.15) is 0 Å². The van der Waals surface area contributed by atoms with Gasteiger partial charge in [-0.3, -0.25) is 4.79 Å². The number of aromatic amines is 2. The standard InChI is InChI=1S/C4H7N5O/c5-1-2(6)8-4(7)9-3(1)10/h5H2,(H5,6,7,8,9,10)/p+1. The zero-order chi connectivity index (χ0) is 7.72. The minimum Gasteiger partial charge on any atom is -0.389 e. The number of anilines is 3. The third-order valence-corrected chi connectivity index (χ3v) is 1.05. The lowest BCUT2D eigenvalue weighted by Crippen LogP contribution is -2.27. The summed E-state index contributed by atoms with van der Waals surface area (Å²) in [6, 6.07) is 0. The summed E-state index contributed by atoms with van der Waals surface area (Å²) in [5.74, 6) is 0.179. The Kier molecular flexibility index (Phi) is 1.22. The van der Waals surface area contributed by atoms with Gasteiger partial charge in [0.2, 0.25) is 5.82 Å². The molecule has 10 heavy (non-hydrogen) atoms. The molecule has 0 saturated heterocycles. The van der Waals surface area contributed by atoms with Crippen molar-refractivity contribution in [3.05, 3.63) is 10.4 Å². The number of hydrogen-bond donors (Lipinski definition) is 4. The van der Waals surface area contributed by atoms with Crippen LogP contribution in [0.5, 0.6) is 0 Å². The highest BCUT2D eigenvalue weighted by Gasteiger charge is 2.05. The van der Waals surface area contributed by atoms with Crippen molar-refractivity contribution in [2.75, 3.05) is 17.2 Å². The van der Waals surface area contributed by atoms with E-state index >= 15 is 0 Å². The molecule has 0 bridgehead atoms. The van der Waals surface area contributed by atoms with Gasteiger partial charge in [-0.25, -0.2) is 9.97 Å². The highest BCUT2D eigenvalue weighted by atomic mass is 16.1. The molecule has 1 heterocycles. The lowest BCUT2D eigenvalue weighted by atomic mass is 10.5. The highest BCUT2D eigenvalue weighted by molar-refractivity contribution is 5.52. The molecule has 0 aromatic carbocycles. The predicted octanol–water partition coefficient (Wildman–Crippen LogP) is -2.06. The Balaban J connectivity index is 3.46. The Labute approximate surface area is 56.1 Å². The Morgan fingerprint density at radius 1 is 1.30 bits per heavy atom. The van der Waals surface area contributed by atoms with Gasteiger partial charge in [0.1, 0.15) is 0 Å². The van der Waals surface area contributed by atoms with Crippen molar-refractivity contribution in [1.29, 1.82) is 0 Å². The summed E-state index contributed by atoms with van der Waals surface area (Å²) < 4.78 is 0. The molecule has 1 rings (SSSR count). The van der Waals surface area contributed by atoms with E-state index in [4.69, 9.17) is 17.2 Å². The maximum atomic E-state index is 10.7. The second-order valence-corrected chi connectivity index (χ2v) is 1.82. The summed E-state index contributed by atoms with van der Waals surface area (Å²) in [5.41, 5.74) is 15.1. The molecule has 0 spiro atoms. The number of nitrogen functional groups attached to an aromatic ring is 3. The van der Waals surface area contributed by atoms with Crippen molar-refractivity contribution >= 4 is 17.5 Å². The minimum atomic E-state index is -0.478. The molecule has 6 heteroatoms. The number of aromatic nitrogens is 2. The van der Waals surface area contributed by atoms with E-state index in [1.54, 1.807) is 0 Å². The van der Waals surface area contributed by atoms with E-state index in [-0.39, 0.29) is 17.5 Å². The molecule has 0 radical (unpaired) electrons. The average molecular weight is 142 g/mol. The summed E-state index contributed by atoms with van der Waals surface area (Å²) in [6.45, 7) is 0. The SMILES string of the molecule is Nc1[nH]c(=O)c(N)c(N)[nH+]1. The molecule has 8 N–H and O–H groups in total. The van der Waals surface area contributed by atoms with Crippen LogP contribution in [-0.4, -0.2) is 4.98 Å². The van der Waals surface area contributed by atoms with Gasteiger partial charge in [-0.1, -0.05) is 0 Å². The van der Waals surface area contributed by atoms with Crippen molar-refractivity contribution in [3.8, 4) is 0 Å². The summed E-state index contributed by atoms with van der Waals surface area (Å²) in [7, 11) is 0. The number of rotatable bonds is 0. The fraction of sp³-hybridized carbons (Fsp3) is 0. The van der Waals surface area contributed by atoms with Crippen LogP contribution < -0.4 is 27.7 Å². The fourth-order valence-corrected chi connectivity index (χ4v) is 0.556. The van der Waals surface area contributed by atoms with Crippen molar-refractivity contribution < 1.29 is 4.98 Å². The van der Waals surface area contributed by atoms with Gasteiger partial charge in [0.15, 0.2) is 5.69 Å². The van der Waals surface area contributed by atoms with Gasteiger partial charge >= 0.3 is 11.5 Å². The first-order valence-corrected chi connectivity index (χ1v) is 2.57. The quantitative estimate of drug-likeness (QED) is 0.332. The third kappa shape index (κ3) is 0.859. The number of nitrogens with two attached hydrogens (primary N) is 3. The van der Waals surface area contributed by atoms with Crippen LogP contribution in [0.3, 0.4) is 0 Å². The molecule has 1 aromatic rings. The summed E-state index contributed by atoms with van der Waals surface area (Å²) in [5, 5.41) is 0. The Bertz CT molecular complexity index is 303. The molecule has 0 saturated carbocycles. The van der Waals surface area contributed by atoms with Crippen molar-refractivity contribution in [2.45, 2.75) is 0 Å². The van der Waals surface area contributed by atoms with Crippen LogP contribution in [0.4, 0.5) is 17.5 Å². The van der Waals surface area contributed by atoms with Crippen molar-refractivity contribution in [1.82, 2.24) is 4.98 Å². The maximum Gasteiger partial charge on any atom is 0.321 e. The molecule has 54 valence electrons. The summed E-state index contributed by atoms with van der Waals surface area (Å²) in [4.78, 5) is 15.4. The summed E-state index contributed by atoms with van der Waals surface area (Å²) in [6.07, 6.45) is 0. The third-order valence-electron chi connectivity index (χ3n) is 1.05. The van der Waals surface area contributed by atoms with Crippen molar-refractivity contribution in [3.63, 3.8) is 0 Å². The van der Waals surface area contributed by atoms with Crippen LogP contribution in [0.15, 0.2) is 4.79 Å². The molecule has 0 fully saturated rings. The van der Waals surface area contributed by atoms with Gasteiger partial charge in [-0.15, -0.1) is 0 Å². The monoisotopic (exact) mass is 142 g/mol. The topological polar surface area (TPSA) is 125 Å². The van der Waals surface area contributed by atoms with Crippen LogP contribution >= 0.6 is 0 Å². The molecule has 0 aliphatic heterocycles. The van der Waals surface area contributed by atoms with Crippen LogP contribution in [0.2, 0.25) is 0 Å². The zero-order valence-electron chi connectivity index (χ0n) is 5.14. The lowest BCUT2D eigenvalue weighted by molar-refractivity contribution is -0.346. The van der Waals surface area contributed by atoms with Crippen LogP contribution in [-0.2, 0) is 0 Å². The maximum absolute atomic E-state index is 10.7. The van der Waals surface area contributed by atoms with Crippen LogP contribution in [0, 0.1) is 0 Å². The second kappa shape index (κ2) is 1.90. The normalized spacial score (nSPS) is 9.60. The molecule has 0 unspecified atom stereocenters. The number of hydrogen-bond acceptors (Lipinski definition) is 4. The molecule has 6 nitrogen and oxygen atoms in total. The Morgan fingerprint density at radius 3 is 2.40 bits per heavy atom. The molecular weight excluding hydrogens is 134 g/mol. The van der Waals surface area contributed by atoms with E-state index in [1.807, 2.05) is 0 Å². The highest BCUT2D eigenvalue weighted by Crippen LogP contribution is 1.96. The van der Waals surface area contributed by atoms with E-state index < -0.39 is 5.56 Å². The predicted molar refractivity (Wildman–Crippen MR) is 36.9 cm³/mol. The van der Waals surface area contributed by atoms with Gasteiger partial charge in [-0.2, -0.15) is 0 Å². The molecule has 1 aromatic heterocycles. The first-order valence-electron chi connectivity index (χ1n) is 2.57. The molecule has 0 amide bonds. The zero-order valence-corrected chi connectivity index (χ0v) is 5.14. The van der Waals surface area contributed by atoms with Gasteiger partial charge < -0.3 is 17.2 Å². The molecule has 0 aliphatic carbocycles. The molecule has 0 atom stereocenters. The molecular formula is C4H8N5O+. The van der Waals surface area contributed by atoms with Gasteiger partial charge in [0, 0.05) is 0 Å². The van der Waals surface area contributed by atoms with Gasteiger partial charge in [0.05, 0.1) is 0 Å². The van der Waals surface area contributed by atoms with Gasteiger partial charge in [0.25, 0.3) is 0 Å². The largest absolute Gasteiger partial charge is 0.389 e. The smallest absolute Gasteiger partial charge is 0.321 e. The Hall–Kier alpha value is -1.72. The van der Waals surface area contributed by atoms with E-state index in [0.717, 1.165) is 0 Å². The first kappa shape index (κ1) is 6.40. The first-order chi connectivity index (χ1) is 4.61. The second-order valence-electron chi connectivity index (χ2n) is 1.82. The average Bonchev–Trinajstić information content (AvgIpc) is 1.82. The van der Waals surface area contributed by atoms with E-state index in [1.165, 1.54) is 0 Å². The number of nitrogens with one attached hydrogen (secondary N) is 2. The summed E-state index contributed by atoms with van der Waals surface area (Å²) >= 11 is 0. The van der Waals surface area contributed by atoms with Crippen LogP contribution in [0.25, 0.3) is 0 Å². The Morgan fingerprint density at radius 2 is 1.90 bits per heavy atom. The van der Waals surface area contributed by atoms with Gasteiger partial charge in [-0.05, 0) is 0 Å². The minimum absolute atomic E-state index is 0.0470. The fourth-order valence-electron chi connectivity index (χ4n) is 0.556. The molecule has 0 aliphatic rings. The van der Waals surface area contributed by atoms with E-state index in [2.05, 4.69) is 9.97 Å². The number of H-pyrrole nitrogens is 2. The van der Waals surface area contributed by atoms with Crippen molar-refractivity contribution in [2.24, 2.45) is 0 Å². The lowest BCUT2D eigenvalue weighted by Gasteiger charge is -1.92.